The molecule has 1 fully saturated rings. The fourth-order valence-electron chi connectivity index (χ4n) is 1.69. The number of carbonyl (C=O) groups is 1. The number of hydrogen-bond acceptors (Lipinski definition) is 5. The summed E-state index contributed by atoms with van der Waals surface area (Å²) in [4.78, 5) is 16.8. The Morgan fingerprint density at radius 1 is 1.33 bits per heavy atom. The molecule has 1 saturated heterocycles. The average Bonchev–Trinajstić information content (AvgIpc) is 2.40. The van der Waals surface area contributed by atoms with Gasteiger partial charge in [0, 0.05) is 31.2 Å². The van der Waals surface area contributed by atoms with Gasteiger partial charge < -0.3 is 15.3 Å². The summed E-state index contributed by atoms with van der Waals surface area (Å²) in [5.74, 6) is -0.667. The third-order valence-corrected chi connectivity index (χ3v) is 2.96. The second-order valence-corrected chi connectivity index (χ2v) is 4.48. The number of piperazine rings is 1. The first kappa shape index (κ1) is 13.3. The van der Waals surface area contributed by atoms with E-state index in [-0.39, 0.29) is 0 Å². The topological polar surface area (TPSA) is 61.8 Å². The minimum Gasteiger partial charge on any atom is -0.377 e. The molecule has 1 unspecified atom stereocenters. The van der Waals surface area contributed by atoms with Crippen LogP contribution in [-0.2, 0) is 9.63 Å². The van der Waals surface area contributed by atoms with Crippen molar-refractivity contribution >= 4 is 17.6 Å². The molecule has 1 atom stereocenters. The van der Waals surface area contributed by atoms with Crippen molar-refractivity contribution < 1.29 is 14.7 Å². The number of hydrogen-bond donors (Lipinski definition) is 2. The number of aliphatic hydroxyl groups excluding tert-OH is 1. The summed E-state index contributed by atoms with van der Waals surface area (Å²) in [5.41, 5.74) is 0.472. The van der Waals surface area contributed by atoms with Crippen molar-refractivity contribution in [3.8, 4) is 0 Å². The van der Waals surface area contributed by atoms with Gasteiger partial charge in [0.15, 0.2) is 6.10 Å². The summed E-state index contributed by atoms with van der Waals surface area (Å²) in [7, 11) is 0. The first-order valence-corrected chi connectivity index (χ1v) is 6.15. The van der Waals surface area contributed by atoms with Crippen molar-refractivity contribution in [3.63, 3.8) is 0 Å². The highest BCUT2D eigenvalue weighted by Crippen LogP contribution is 2.18. The van der Waals surface area contributed by atoms with Crippen molar-refractivity contribution in [3.05, 3.63) is 34.9 Å². The molecule has 0 bridgehead atoms. The highest BCUT2D eigenvalue weighted by molar-refractivity contribution is 6.30. The molecule has 0 aliphatic carbocycles. The Balaban J connectivity index is 1.93. The molecule has 2 N–H and O–H groups in total. The maximum atomic E-state index is 11.7. The van der Waals surface area contributed by atoms with Crippen LogP contribution in [0.1, 0.15) is 11.7 Å². The van der Waals surface area contributed by atoms with Crippen LogP contribution in [0.2, 0.25) is 5.02 Å². The molecular weight excluding hydrogens is 256 g/mol. The van der Waals surface area contributed by atoms with Crippen LogP contribution < -0.4 is 5.32 Å². The second-order valence-electron chi connectivity index (χ2n) is 4.04. The number of hydroxylamine groups is 2. The minimum absolute atomic E-state index is 0.472. The molecule has 0 saturated carbocycles. The molecule has 0 spiro atoms. The standard InChI is InChI=1S/C12H15ClN2O3/c13-10-3-1-9(2-4-10)11(16)12(17)18-15-7-5-14-6-8-15/h1-4,11,14,16H,5-8H2. The lowest BCUT2D eigenvalue weighted by atomic mass is 10.1. The molecule has 1 aromatic carbocycles. The van der Waals surface area contributed by atoms with Crippen molar-refractivity contribution in [1.29, 1.82) is 0 Å². The summed E-state index contributed by atoms with van der Waals surface area (Å²) in [6.45, 7) is 2.78. The summed E-state index contributed by atoms with van der Waals surface area (Å²) < 4.78 is 0. The molecule has 6 heteroatoms. The fraction of sp³-hybridized carbons (Fsp3) is 0.417. The summed E-state index contributed by atoms with van der Waals surface area (Å²) in [5, 5.41) is 15.1. The largest absolute Gasteiger partial charge is 0.377 e. The monoisotopic (exact) mass is 270 g/mol. The van der Waals surface area contributed by atoms with E-state index in [4.69, 9.17) is 16.4 Å². The quantitative estimate of drug-likeness (QED) is 0.848. The van der Waals surface area contributed by atoms with Crippen LogP contribution in [0.5, 0.6) is 0 Å². The first-order valence-electron chi connectivity index (χ1n) is 5.78. The van der Waals surface area contributed by atoms with Crippen LogP contribution in [0.25, 0.3) is 0 Å². The van der Waals surface area contributed by atoms with Gasteiger partial charge >= 0.3 is 5.97 Å². The first-order chi connectivity index (χ1) is 8.66. The van der Waals surface area contributed by atoms with Gasteiger partial charge in [0.25, 0.3) is 0 Å². The molecule has 0 amide bonds. The fourth-order valence-corrected chi connectivity index (χ4v) is 1.82. The summed E-state index contributed by atoms with van der Waals surface area (Å²) in [6.07, 6.45) is -1.28. The van der Waals surface area contributed by atoms with Crippen LogP contribution in [-0.4, -0.2) is 42.3 Å². The number of carbonyl (C=O) groups excluding carboxylic acids is 1. The van der Waals surface area contributed by atoms with Crippen LogP contribution in [0.15, 0.2) is 24.3 Å². The van der Waals surface area contributed by atoms with Gasteiger partial charge in [-0.1, -0.05) is 23.7 Å². The SMILES string of the molecule is O=C(ON1CCNCC1)C(O)c1ccc(Cl)cc1. The van der Waals surface area contributed by atoms with E-state index in [1.54, 1.807) is 29.3 Å². The number of rotatable bonds is 3. The Labute approximate surface area is 110 Å². The van der Waals surface area contributed by atoms with Gasteiger partial charge in [-0.2, -0.15) is 0 Å². The van der Waals surface area contributed by atoms with Gasteiger partial charge in [0.2, 0.25) is 0 Å². The molecule has 98 valence electrons. The second kappa shape index (κ2) is 6.15. The van der Waals surface area contributed by atoms with Gasteiger partial charge in [0.1, 0.15) is 0 Å². The van der Waals surface area contributed by atoms with Crippen LogP contribution in [0, 0.1) is 0 Å². The Morgan fingerprint density at radius 2 is 1.94 bits per heavy atom. The van der Waals surface area contributed by atoms with Crippen molar-refractivity contribution in [2.75, 3.05) is 26.2 Å². The van der Waals surface area contributed by atoms with Crippen molar-refractivity contribution in [2.45, 2.75) is 6.10 Å². The molecule has 1 aliphatic rings. The van der Waals surface area contributed by atoms with E-state index in [2.05, 4.69) is 5.32 Å². The van der Waals surface area contributed by atoms with Crippen molar-refractivity contribution in [1.82, 2.24) is 10.4 Å². The minimum atomic E-state index is -1.28. The van der Waals surface area contributed by atoms with E-state index < -0.39 is 12.1 Å². The Kier molecular flexibility index (Phi) is 4.54. The molecule has 1 aromatic rings. The zero-order chi connectivity index (χ0) is 13.0. The number of nitrogens with zero attached hydrogens (tertiary/aromatic N) is 1. The Morgan fingerprint density at radius 3 is 2.56 bits per heavy atom. The van der Waals surface area contributed by atoms with Crippen LogP contribution >= 0.6 is 11.6 Å². The highest BCUT2D eigenvalue weighted by Gasteiger charge is 2.23. The number of aliphatic hydroxyl groups is 1. The smallest absolute Gasteiger partial charge is 0.358 e. The van der Waals surface area contributed by atoms with E-state index in [1.807, 2.05) is 0 Å². The third kappa shape index (κ3) is 3.43. The highest BCUT2D eigenvalue weighted by atomic mass is 35.5. The molecule has 1 heterocycles. The molecule has 18 heavy (non-hydrogen) atoms. The zero-order valence-corrected chi connectivity index (χ0v) is 10.6. The normalized spacial score (nSPS) is 18.3. The van der Waals surface area contributed by atoms with Crippen LogP contribution in [0.3, 0.4) is 0 Å². The third-order valence-electron chi connectivity index (χ3n) is 2.70. The lowest BCUT2D eigenvalue weighted by molar-refractivity contribution is -0.202. The lowest BCUT2D eigenvalue weighted by Crippen LogP contribution is -2.44. The molecular formula is C12H15ClN2O3. The predicted octanol–water partition coefficient (Wildman–Crippen LogP) is 0.737. The van der Waals surface area contributed by atoms with Gasteiger partial charge in [-0.15, -0.1) is 5.06 Å². The Bertz CT molecular complexity index is 404. The molecule has 0 radical (unpaired) electrons. The number of benzene rings is 1. The molecule has 1 aliphatic heterocycles. The maximum Gasteiger partial charge on any atom is 0.358 e. The number of nitrogens with one attached hydrogen (secondary N) is 1. The molecule has 2 rings (SSSR count). The van der Waals surface area contributed by atoms with Gasteiger partial charge in [-0.3, -0.25) is 0 Å². The molecule has 5 nitrogen and oxygen atoms in total. The zero-order valence-electron chi connectivity index (χ0n) is 9.80. The van der Waals surface area contributed by atoms with Crippen LogP contribution in [0.4, 0.5) is 0 Å². The predicted molar refractivity (Wildman–Crippen MR) is 66.9 cm³/mol. The van der Waals surface area contributed by atoms with E-state index in [1.165, 1.54) is 0 Å². The van der Waals surface area contributed by atoms with Gasteiger partial charge in [0.05, 0.1) is 0 Å². The van der Waals surface area contributed by atoms with Crippen molar-refractivity contribution in [2.24, 2.45) is 0 Å². The van der Waals surface area contributed by atoms with E-state index in [0.717, 1.165) is 13.1 Å². The Hall–Kier alpha value is -1.14. The maximum absolute atomic E-state index is 11.7. The summed E-state index contributed by atoms with van der Waals surface area (Å²) in [6, 6.07) is 6.45. The van der Waals surface area contributed by atoms with E-state index in [9.17, 15) is 9.90 Å². The lowest BCUT2D eigenvalue weighted by Gasteiger charge is -2.26. The van der Waals surface area contributed by atoms with Gasteiger partial charge in [-0.05, 0) is 17.7 Å². The summed E-state index contributed by atoms with van der Waals surface area (Å²) >= 11 is 5.74. The number of halogens is 1. The average molecular weight is 271 g/mol. The van der Waals surface area contributed by atoms with E-state index >= 15 is 0 Å². The van der Waals surface area contributed by atoms with Gasteiger partial charge in [-0.25, -0.2) is 4.79 Å². The molecule has 0 aromatic heterocycles. The van der Waals surface area contributed by atoms with E-state index in [0.29, 0.717) is 23.7 Å².